The fraction of sp³-hybridized carbons (Fsp3) is 0.833. The molecule has 0 aliphatic carbocycles. The molecule has 0 N–H and O–H groups in total. The Morgan fingerprint density at radius 2 is 2.30 bits per heavy atom. The average Bonchev–Trinajstić information content (AvgIpc) is 1.97. The van der Waals surface area contributed by atoms with Crippen LogP contribution in [0.25, 0.3) is 0 Å². The van der Waals surface area contributed by atoms with Gasteiger partial charge in [0.15, 0.2) is 6.16 Å². The van der Waals surface area contributed by atoms with Gasteiger partial charge in [-0.25, -0.2) is 0 Å². The van der Waals surface area contributed by atoms with Gasteiger partial charge in [0.1, 0.15) is 6.29 Å². The molecule has 1 atom stereocenters. The van der Waals surface area contributed by atoms with E-state index in [9.17, 15) is 9.36 Å². The number of hydrogen-bond donors (Lipinski definition) is 0. The lowest BCUT2D eigenvalue weighted by molar-refractivity contribution is -0.107. The van der Waals surface area contributed by atoms with Gasteiger partial charge in [-0.3, -0.25) is 0 Å². The van der Waals surface area contributed by atoms with Gasteiger partial charge in [0.05, 0.1) is 0 Å². The van der Waals surface area contributed by atoms with Crippen LogP contribution in [0.3, 0.4) is 0 Å². The quantitative estimate of drug-likeness (QED) is 0.439. The van der Waals surface area contributed by atoms with Gasteiger partial charge in [0, 0.05) is 13.0 Å². The zero-order chi connectivity index (χ0) is 7.82. The molecule has 1 unspecified atom stereocenters. The molecule has 0 aliphatic heterocycles. The van der Waals surface area contributed by atoms with Gasteiger partial charge in [-0.1, -0.05) is 4.57 Å². The molecule has 10 heavy (non-hydrogen) atoms. The van der Waals surface area contributed by atoms with Gasteiger partial charge in [0.2, 0.25) is 6.35 Å². The van der Waals surface area contributed by atoms with Gasteiger partial charge in [-0.2, -0.15) is 0 Å². The van der Waals surface area contributed by atoms with E-state index in [-0.39, 0.29) is 0 Å². The number of hydrogen-bond acceptors (Lipinski definition) is 3. The summed E-state index contributed by atoms with van der Waals surface area (Å²) in [4.78, 5) is 9.81. The summed E-state index contributed by atoms with van der Waals surface area (Å²) in [5, 5.41) is 0. The zero-order valence-electron chi connectivity index (χ0n) is 6.08. The molecule has 0 heterocycles. The summed E-state index contributed by atoms with van der Waals surface area (Å²) in [5.74, 6) is 0. The minimum Gasteiger partial charge on any atom is -0.338 e. The average molecular weight is 163 g/mol. The van der Waals surface area contributed by atoms with Crippen LogP contribution in [-0.4, -0.2) is 25.4 Å². The van der Waals surface area contributed by atoms with Crippen molar-refractivity contribution in [2.45, 2.75) is 13.3 Å². The molecule has 0 radical (unpaired) electrons. The highest BCUT2D eigenvalue weighted by molar-refractivity contribution is 7.44. The van der Waals surface area contributed by atoms with Gasteiger partial charge < -0.3 is 9.53 Å². The van der Waals surface area contributed by atoms with Gasteiger partial charge in [-0.15, -0.1) is 0 Å². The molecule has 0 bridgehead atoms. The SMILES string of the molecule is CCOC[P+](=O)CCC=O. The van der Waals surface area contributed by atoms with Crippen molar-refractivity contribution in [2.24, 2.45) is 0 Å². The molecule has 0 aromatic carbocycles. The Balaban J connectivity index is 3.16. The van der Waals surface area contributed by atoms with Gasteiger partial charge >= 0.3 is 7.80 Å². The van der Waals surface area contributed by atoms with Gasteiger partial charge in [0.25, 0.3) is 0 Å². The van der Waals surface area contributed by atoms with Gasteiger partial charge in [-0.05, 0) is 6.92 Å². The Bertz CT molecular complexity index is 114. The zero-order valence-corrected chi connectivity index (χ0v) is 6.97. The first kappa shape index (κ1) is 9.73. The van der Waals surface area contributed by atoms with E-state index >= 15 is 0 Å². The third-order valence-corrected chi connectivity index (χ3v) is 2.16. The minimum atomic E-state index is -1.30. The number of carbonyl (C=O) groups excluding carboxylic acids is 1. The minimum absolute atomic E-state index is 0.291. The highest BCUT2D eigenvalue weighted by Crippen LogP contribution is 2.20. The molecule has 0 aromatic heterocycles. The molecule has 3 nitrogen and oxygen atoms in total. The van der Waals surface area contributed by atoms with Crippen LogP contribution in [0.5, 0.6) is 0 Å². The maximum absolute atomic E-state index is 10.8. The molecule has 4 heteroatoms. The Labute approximate surface area is 61.5 Å². The van der Waals surface area contributed by atoms with Crippen molar-refractivity contribution >= 4 is 14.1 Å². The second-order valence-electron chi connectivity index (χ2n) is 1.78. The van der Waals surface area contributed by atoms with E-state index in [1.54, 1.807) is 0 Å². The van der Waals surface area contributed by atoms with Crippen LogP contribution in [0.15, 0.2) is 0 Å². The molecular weight excluding hydrogens is 151 g/mol. The molecule has 0 rings (SSSR count). The van der Waals surface area contributed by atoms with Crippen molar-refractivity contribution in [2.75, 3.05) is 19.1 Å². The predicted octanol–water partition coefficient (Wildman–Crippen LogP) is 1.40. The van der Waals surface area contributed by atoms with Crippen LogP contribution in [0.2, 0.25) is 0 Å². The third-order valence-electron chi connectivity index (χ3n) is 0.936. The molecular formula is C6H12O3P+. The van der Waals surface area contributed by atoms with E-state index in [4.69, 9.17) is 4.74 Å². The normalized spacial score (nSPS) is 11.1. The highest BCUT2D eigenvalue weighted by atomic mass is 31.1. The molecule has 0 aliphatic rings. The summed E-state index contributed by atoms with van der Waals surface area (Å²) in [6.07, 6.45) is 1.90. The molecule has 0 spiro atoms. The van der Waals surface area contributed by atoms with Crippen LogP contribution in [0.4, 0.5) is 0 Å². The van der Waals surface area contributed by atoms with Crippen LogP contribution < -0.4 is 0 Å². The maximum atomic E-state index is 10.8. The van der Waals surface area contributed by atoms with Crippen molar-refractivity contribution in [3.8, 4) is 0 Å². The second kappa shape index (κ2) is 6.84. The van der Waals surface area contributed by atoms with E-state index in [2.05, 4.69) is 0 Å². The van der Waals surface area contributed by atoms with Crippen LogP contribution >= 0.6 is 7.80 Å². The van der Waals surface area contributed by atoms with Crippen LogP contribution in [-0.2, 0) is 14.1 Å². The van der Waals surface area contributed by atoms with Crippen molar-refractivity contribution in [1.29, 1.82) is 0 Å². The van der Waals surface area contributed by atoms with Crippen molar-refractivity contribution in [3.05, 3.63) is 0 Å². The van der Waals surface area contributed by atoms with E-state index < -0.39 is 7.80 Å². The lowest BCUT2D eigenvalue weighted by Crippen LogP contribution is -1.90. The van der Waals surface area contributed by atoms with Crippen LogP contribution in [0.1, 0.15) is 13.3 Å². The molecule has 0 saturated carbocycles. The standard InChI is InChI=1S/C6H12O3P/c1-2-9-6-10(8)5-3-4-7/h4H,2-3,5-6H2,1H3/q+1. The molecule has 0 fully saturated rings. The Kier molecular flexibility index (Phi) is 6.66. The molecule has 0 saturated heterocycles. The first-order valence-electron chi connectivity index (χ1n) is 3.24. The Morgan fingerprint density at radius 1 is 1.60 bits per heavy atom. The third kappa shape index (κ3) is 5.86. The summed E-state index contributed by atoms with van der Waals surface area (Å²) in [5.41, 5.74) is 0. The summed E-state index contributed by atoms with van der Waals surface area (Å²) < 4.78 is 15.7. The molecule has 0 amide bonds. The Morgan fingerprint density at radius 3 is 2.80 bits per heavy atom. The highest BCUT2D eigenvalue weighted by Gasteiger charge is 2.12. The summed E-state index contributed by atoms with van der Waals surface area (Å²) >= 11 is 0. The fourth-order valence-corrected chi connectivity index (χ4v) is 1.36. The van der Waals surface area contributed by atoms with E-state index in [1.165, 1.54) is 0 Å². The lowest BCUT2D eigenvalue weighted by Gasteiger charge is -1.87. The number of ether oxygens (including phenoxy) is 1. The first-order valence-corrected chi connectivity index (χ1v) is 4.87. The smallest absolute Gasteiger partial charge is 0.338 e. The first-order chi connectivity index (χ1) is 4.81. The van der Waals surface area contributed by atoms with E-state index in [0.29, 0.717) is 25.5 Å². The molecule has 0 aromatic rings. The topological polar surface area (TPSA) is 43.4 Å². The maximum Gasteiger partial charge on any atom is 0.367 e. The summed E-state index contributed by atoms with van der Waals surface area (Å²) in [7, 11) is -1.30. The largest absolute Gasteiger partial charge is 0.367 e. The number of carbonyl (C=O) groups is 1. The molecule has 58 valence electrons. The monoisotopic (exact) mass is 163 g/mol. The Hall–Kier alpha value is -0.270. The van der Waals surface area contributed by atoms with E-state index in [1.807, 2.05) is 6.92 Å². The predicted molar refractivity (Wildman–Crippen MR) is 39.6 cm³/mol. The van der Waals surface area contributed by atoms with Crippen molar-refractivity contribution in [3.63, 3.8) is 0 Å². The number of aldehydes is 1. The second-order valence-corrected chi connectivity index (χ2v) is 3.45. The summed E-state index contributed by atoms with van der Waals surface area (Å²) in [6, 6.07) is 0. The summed E-state index contributed by atoms with van der Waals surface area (Å²) in [6.45, 7) is 2.44. The van der Waals surface area contributed by atoms with Crippen molar-refractivity contribution < 1.29 is 14.1 Å². The van der Waals surface area contributed by atoms with Crippen LogP contribution in [0, 0.1) is 0 Å². The lowest BCUT2D eigenvalue weighted by atomic mass is 10.6. The number of rotatable bonds is 6. The van der Waals surface area contributed by atoms with E-state index in [0.717, 1.165) is 6.29 Å². The van der Waals surface area contributed by atoms with Crippen molar-refractivity contribution in [1.82, 2.24) is 0 Å². The fourth-order valence-electron chi connectivity index (χ4n) is 0.454.